The lowest BCUT2D eigenvalue weighted by molar-refractivity contribution is 0.0203. The first-order valence-electron chi connectivity index (χ1n) is 9.40. The Morgan fingerprint density at radius 3 is 2.64 bits per heavy atom. The number of nitrogens with one attached hydrogen (secondary N) is 1. The summed E-state index contributed by atoms with van der Waals surface area (Å²) in [5.41, 5.74) is 1.11. The summed E-state index contributed by atoms with van der Waals surface area (Å²) in [5, 5.41) is 5.12. The van der Waals surface area contributed by atoms with Crippen molar-refractivity contribution in [3.05, 3.63) is 46.1 Å². The average molecular weight is 386 g/mol. The van der Waals surface area contributed by atoms with E-state index in [1.54, 1.807) is 21.5 Å². The fraction of sp³-hybridized carbons (Fsp3) is 0.450. The fourth-order valence-corrected chi connectivity index (χ4v) is 3.69. The summed E-state index contributed by atoms with van der Waals surface area (Å²) in [6.45, 7) is 6.62. The first-order valence-corrected chi connectivity index (χ1v) is 9.40. The molecule has 1 aliphatic rings. The van der Waals surface area contributed by atoms with Crippen molar-refractivity contribution in [3.63, 3.8) is 0 Å². The van der Waals surface area contributed by atoms with Gasteiger partial charge in [-0.25, -0.2) is 13.7 Å². The minimum Gasteiger partial charge on any atom is -0.444 e. The van der Waals surface area contributed by atoms with Gasteiger partial charge < -0.3 is 14.6 Å². The van der Waals surface area contributed by atoms with Crippen molar-refractivity contribution in [1.82, 2.24) is 19.5 Å². The third-order valence-corrected chi connectivity index (χ3v) is 4.96. The number of aromatic nitrogens is 3. The van der Waals surface area contributed by atoms with Gasteiger partial charge in [-0.2, -0.15) is 5.10 Å². The summed E-state index contributed by atoms with van der Waals surface area (Å²) in [6, 6.07) is 5.88. The van der Waals surface area contributed by atoms with Crippen LogP contribution in [0.4, 0.5) is 9.18 Å². The second-order valence-corrected chi connectivity index (χ2v) is 8.22. The van der Waals surface area contributed by atoms with Crippen molar-refractivity contribution in [2.75, 3.05) is 13.1 Å². The molecule has 0 atom stereocenters. The maximum absolute atomic E-state index is 13.7. The highest BCUT2D eigenvalue weighted by molar-refractivity contribution is 5.92. The highest BCUT2D eigenvalue weighted by Gasteiger charge is 2.29. The van der Waals surface area contributed by atoms with Gasteiger partial charge in [-0.1, -0.05) is 0 Å². The Labute approximate surface area is 161 Å². The number of ether oxygens (including phenoxy) is 1. The Morgan fingerprint density at radius 1 is 1.25 bits per heavy atom. The van der Waals surface area contributed by atoms with E-state index in [-0.39, 0.29) is 23.4 Å². The van der Waals surface area contributed by atoms with E-state index in [0.717, 1.165) is 5.69 Å². The van der Waals surface area contributed by atoms with Crippen LogP contribution in [0.15, 0.2) is 29.1 Å². The molecule has 2 aromatic heterocycles. The van der Waals surface area contributed by atoms with E-state index < -0.39 is 5.60 Å². The van der Waals surface area contributed by atoms with Crippen molar-refractivity contribution in [3.8, 4) is 0 Å². The van der Waals surface area contributed by atoms with E-state index >= 15 is 0 Å². The van der Waals surface area contributed by atoms with Gasteiger partial charge in [0.2, 0.25) is 0 Å². The van der Waals surface area contributed by atoms with Gasteiger partial charge in [-0.05, 0) is 51.8 Å². The number of hydrogen-bond acceptors (Lipinski definition) is 4. The van der Waals surface area contributed by atoms with Crippen LogP contribution in [0, 0.1) is 5.82 Å². The molecule has 148 valence electrons. The van der Waals surface area contributed by atoms with Crippen molar-refractivity contribution in [1.29, 1.82) is 0 Å². The molecule has 1 amide bonds. The largest absolute Gasteiger partial charge is 0.444 e. The van der Waals surface area contributed by atoms with Crippen LogP contribution < -0.4 is 5.56 Å². The van der Waals surface area contributed by atoms with E-state index in [0.29, 0.717) is 42.5 Å². The third kappa shape index (κ3) is 3.46. The zero-order valence-corrected chi connectivity index (χ0v) is 16.2. The van der Waals surface area contributed by atoms with Crippen molar-refractivity contribution in [2.24, 2.45) is 0 Å². The molecule has 1 N–H and O–H groups in total. The van der Waals surface area contributed by atoms with Crippen molar-refractivity contribution < 1.29 is 13.9 Å². The van der Waals surface area contributed by atoms with E-state index in [2.05, 4.69) is 10.1 Å². The number of halogens is 1. The van der Waals surface area contributed by atoms with Crippen LogP contribution in [0.1, 0.15) is 45.2 Å². The van der Waals surface area contributed by atoms with E-state index in [4.69, 9.17) is 4.74 Å². The molecule has 0 unspecified atom stereocenters. The number of carbonyl (C=O) groups is 1. The number of benzene rings is 1. The number of nitrogens with zero attached hydrogens (tertiary/aromatic N) is 3. The van der Waals surface area contributed by atoms with Crippen LogP contribution in [-0.4, -0.2) is 44.3 Å². The van der Waals surface area contributed by atoms with E-state index in [1.807, 2.05) is 20.8 Å². The molecule has 1 aliphatic heterocycles. The number of H-pyrrole nitrogens is 1. The first-order chi connectivity index (χ1) is 13.2. The molecule has 0 spiro atoms. The quantitative estimate of drug-likeness (QED) is 0.695. The summed E-state index contributed by atoms with van der Waals surface area (Å²) in [7, 11) is 0. The summed E-state index contributed by atoms with van der Waals surface area (Å²) in [4.78, 5) is 29.0. The number of amides is 1. The second-order valence-electron chi connectivity index (χ2n) is 8.22. The van der Waals surface area contributed by atoms with Crippen LogP contribution in [0.3, 0.4) is 0 Å². The molecule has 8 heteroatoms. The van der Waals surface area contributed by atoms with Gasteiger partial charge in [0.25, 0.3) is 5.56 Å². The molecule has 1 saturated heterocycles. The molecule has 1 aromatic carbocycles. The van der Waals surface area contributed by atoms with Crippen LogP contribution in [0.25, 0.3) is 16.6 Å². The Balaban J connectivity index is 1.63. The van der Waals surface area contributed by atoms with Gasteiger partial charge in [0.15, 0.2) is 0 Å². The van der Waals surface area contributed by atoms with Crippen LogP contribution in [-0.2, 0) is 4.74 Å². The third-order valence-electron chi connectivity index (χ3n) is 4.96. The summed E-state index contributed by atoms with van der Waals surface area (Å²) in [6.07, 6.45) is 1.08. The fourth-order valence-electron chi connectivity index (χ4n) is 3.69. The molecule has 3 heterocycles. The highest BCUT2D eigenvalue weighted by atomic mass is 19.1. The molecule has 1 fully saturated rings. The molecule has 3 aromatic rings. The number of piperidine rings is 1. The lowest BCUT2D eigenvalue weighted by Gasteiger charge is -2.33. The van der Waals surface area contributed by atoms with Gasteiger partial charge in [0, 0.05) is 30.5 Å². The van der Waals surface area contributed by atoms with Crippen LogP contribution in [0.5, 0.6) is 0 Å². The van der Waals surface area contributed by atoms with Crippen molar-refractivity contribution in [2.45, 2.75) is 45.1 Å². The van der Waals surface area contributed by atoms with Crippen molar-refractivity contribution >= 4 is 22.6 Å². The van der Waals surface area contributed by atoms with Gasteiger partial charge in [-0.15, -0.1) is 0 Å². The van der Waals surface area contributed by atoms with Crippen LogP contribution >= 0.6 is 0 Å². The predicted molar refractivity (Wildman–Crippen MR) is 103 cm³/mol. The topological polar surface area (TPSA) is 79.7 Å². The molecular formula is C20H23FN4O3. The van der Waals surface area contributed by atoms with Gasteiger partial charge in [-0.3, -0.25) is 4.79 Å². The molecule has 0 aliphatic carbocycles. The number of aromatic amines is 1. The number of rotatable bonds is 1. The standard InChI is InChI=1S/C20H23FN4O3/c1-20(2,3)28-19(27)24-8-6-12(7-9-24)16-11-17(26)22-18-14-10-13(21)4-5-15(14)23-25(16)18/h4-5,10-12H,6-9H2,1-3H3,(H,22,26). The normalized spacial score (nSPS) is 16.1. The first kappa shape index (κ1) is 18.5. The monoisotopic (exact) mass is 386 g/mol. The second kappa shape index (κ2) is 6.61. The molecule has 7 nitrogen and oxygen atoms in total. The zero-order valence-electron chi connectivity index (χ0n) is 16.2. The number of likely N-dealkylation sites (tertiary alicyclic amines) is 1. The number of carbonyl (C=O) groups excluding carboxylic acids is 1. The SMILES string of the molecule is CC(C)(C)OC(=O)N1CCC(c2cc(=O)[nH]c3c4cc(F)ccc4nn23)CC1. The highest BCUT2D eigenvalue weighted by Crippen LogP contribution is 2.30. The molecule has 28 heavy (non-hydrogen) atoms. The Morgan fingerprint density at radius 2 is 1.96 bits per heavy atom. The maximum Gasteiger partial charge on any atom is 0.410 e. The smallest absolute Gasteiger partial charge is 0.410 e. The predicted octanol–water partition coefficient (Wildman–Crippen LogP) is 3.43. The summed E-state index contributed by atoms with van der Waals surface area (Å²) >= 11 is 0. The van der Waals surface area contributed by atoms with E-state index in [9.17, 15) is 14.0 Å². The molecule has 0 bridgehead atoms. The van der Waals surface area contributed by atoms with E-state index in [1.165, 1.54) is 12.1 Å². The Bertz CT molecular complexity index is 1100. The minimum atomic E-state index is -0.530. The van der Waals surface area contributed by atoms with Gasteiger partial charge in [0.1, 0.15) is 17.1 Å². The molecule has 0 radical (unpaired) electrons. The molecule has 4 rings (SSSR count). The Kier molecular flexibility index (Phi) is 4.36. The average Bonchev–Trinajstić information content (AvgIpc) is 2.97. The lowest BCUT2D eigenvalue weighted by Crippen LogP contribution is -2.41. The van der Waals surface area contributed by atoms with Gasteiger partial charge >= 0.3 is 6.09 Å². The van der Waals surface area contributed by atoms with Crippen LogP contribution in [0.2, 0.25) is 0 Å². The molecular weight excluding hydrogens is 363 g/mol. The number of hydrogen-bond donors (Lipinski definition) is 1. The molecule has 0 saturated carbocycles. The minimum absolute atomic E-state index is 0.0719. The number of fused-ring (bicyclic) bond motifs is 3. The summed E-state index contributed by atoms with van der Waals surface area (Å²) < 4.78 is 20.8. The maximum atomic E-state index is 13.7. The van der Waals surface area contributed by atoms with Gasteiger partial charge in [0.05, 0.1) is 11.2 Å². The Hall–Kier alpha value is -2.90. The zero-order chi connectivity index (χ0) is 20.1. The lowest BCUT2D eigenvalue weighted by atomic mass is 9.93. The summed E-state index contributed by atoms with van der Waals surface area (Å²) in [5.74, 6) is -0.304.